The summed E-state index contributed by atoms with van der Waals surface area (Å²) in [6, 6.07) is 49.9. The van der Waals surface area contributed by atoms with Crippen molar-refractivity contribution >= 4 is 11.3 Å². The summed E-state index contributed by atoms with van der Waals surface area (Å²) in [7, 11) is 0. The largest absolute Gasteiger partial charge is 0.261 e. The smallest absolute Gasteiger partial charge is 0.133 e. The van der Waals surface area contributed by atoms with Gasteiger partial charge in [0.1, 0.15) is 17.5 Å². The van der Waals surface area contributed by atoms with Crippen molar-refractivity contribution < 1.29 is 8.78 Å². The number of rotatable bonds is 0. The van der Waals surface area contributed by atoms with Crippen LogP contribution >= 0.6 is 11.3 Å². The van der Waals surface area contributed by atoms with Crippen molar-refractivity contribution in [1.29, 1.82) is 0 Å². The summed E-state index contributed by atoms with van der Waals surface area (Å²) in [6.45, 7) is 89.9. The van der Waals surface area contributed by atoms with Crippen LogP contribution < -0.4 is 0 Å². The third kappa shape index (κ3) is 40.9. The molecule has 0 aliphatic rings. The van der Waals surface area contributed by atoms with E-state index in [0.29, 0.717) is 0 Å². The fraction of sp³-hybridized carbons (Fsp3) is 0.495. The minimum atomic E-state index is -0.0994. The van der Waals surface area contributed by atoms with Crippen LogP contribution in [0.25, 0.3) is 0 Å². The van der Waals surface area contributed by atoms with Crippen molar-refractivity contribution in [2.45, 2.75) is 345 Å². The van der Waals surface area contributed by atoms with Crippen LogP contribution in [0.3, 0.4) is 0 Å². The Balaban J connectivity index is 0.000000628. The van der Waals surface area contributed by atoms with Crippen LogP contribution in [0.5, 0.6) is 0 Å². The average Bonchev–Trinajstić information content (AvgIpc) is 1.40. The summed E-state index contributed by atoms with van der Waals surface area (Å²) in [6.07, 6.45) is 9.43. The fourth-order valence-electron chi connectivity index (χ4n) is 11.0. The third-order valence-electron chi connectivity index (χ3n) is 18.1. The Labute approximate surface area is 695 Å². The van der Waals surface area contributed by atoms with Gasteiger partial charge in [-0.2, -0.15) is 0 Å². The highest BCUT2D eigenvalue weighted by Gasteiger charge is 2.23. The molecular weight excluding hydrogens is 1400 g/mol. The molecule has 0 amide bonds. The monoisotopic (exact) mass is 1560 g/mol. The molecule has 4 heterocycles. The second kappa shape index (κ2) is 43.8. The van der Waals surface area contributed by atoms with Gasteiger partial charge in [-0.3, -0.25) is 9.97 Å². The van der Waals surface area contributed by atoms with E-state index in [2.05, 4.69) is 357 Å². The molecule has 0 unspecified atom stereocenters. The topological polar surface area (TPSA) is 64.5 Å². The second-order valence-corrected chi connectivity index (χ2v) is 42.4. The van der Waals surface area contributed by atoms with Crippen LogP contribution in [0.1, 0.15) is 329 Å². The van der Waals surface area contributed by atoms with E-state index in [9.17, 15) is 8.78 Å². The Morgan fingerprint density at radius 1 is 0.239 bits per heavy atom. The minimum absolute atomic E-state index is 0.0632. The third-order valence-corrected chi connectivity index (χ3v) is 19.5. The summed E-state index contributed by atoms with van der Waals surface area (Å²) < 4.78 is 26.7. The van der Waals surface area contributed by atoms with Crippen LogP contribution in [-0.4, -0.2) is 24.9 Å². The number of nitrogens with zero attached hydrogens (tertiary/aromatic N) is 5. The highest BCUT2D eigenvalue weighted by atomic mass is 32.1. The predicted molar refractivity (Wildman–Crippen MR) is 495 cm³/mol. The van der Waals surface area contributed by atoms with Crippen LogP contribution in [0.4, 0.5) is 8.78 Å². The number of halogens is 2. The van der Waals surface area contributed by atoms with Gasteiger partial charge in [0.2, 0.25) is 0 Å². The maximum atomic E-state index is 13.3. The first-order valence-corrected chi connectivity index (χ1v) is 41.4. The molecule has 0 saturated carbocycles. The van der Waals surface area contributed by atoms with Gasteiger partial charge in [-0.25, -0.2) is 23.7 Å². The number of thiazole rings is 1. The zero-order chi connectivity index (χ0) is 87.6. The van der Waals surface area contributed by atoms with E-state index in [1.165, 1.54) is 76.6 Å². The molecule has 0 saturated heterocycles. The normalized spacial score (nSPS) is 11.7. The Morgan fingerprint density at radius 3 is 0.885 bits per heavy atom. The molecule has 10 aromatic rings. The van der Waals surface area contributed by atoms with Crippen LogP contribution in [-0.2, 0) is 54.1 Å². The number of aryl methyl sites for hydroxylation is 12. The molecule has 0 aliphatic heterocycles. The van der Waals surface area contributed by atoms with Crippen molar-refractivity contribution in [3.63, 3.8) is 0 Å². The second-order valence-electron chi connectivity index (χ2n) is 41.1. The minimum Gasteiger partial charge on any atom is -0.261 e. The number of hydrogen-bond donors (Lipinski definition) is 0. The summed E-state index contributed by atoms with van der Waals surface area (Å²) >= 11 is 1.78. The zero-order valence-corrected chi connectivity index (χ0v) is 80.0. The molecule has 113 heavy (non-hydrogen) atoms. The SMILES string of the molecule is Cc1ccc(C(C)(C)C)c(F)c1.Cc1ccc(C(C)(C)C)c(F)c1.Cc1ccc(C(C)(C)C)cc1.Cc1ccc(C(C)(C)C)nc1.Cc1ccc(C)c(C(C)(C)C)c1.Cc1ccc(C)c(C(C)(C)C)c1.Cc1cccc(C(C)(C)C)c1.Cc1ccnc(C(C)(C)C)c1.Cc1cnc(C(C)(C)C)nc1.Cc1cnc(C(C)(C)C)s1. The highest BCUT2D eigenvalue weighted by Crippen LogP contribution is 2.32. The number of hydrogen-bond acceptors (Lipinski definition) is 6. The first-order valence-electron chi connectivity index (χ1n) is 40.6. The zero-order valence-electron chi connectivity index (χ0n) is 79.1. The molecule has 0 atom stereocenters. The van der Waals surface area contributed by atoms with Crippen LogP contribution in [0.2, 0.25) is 0 Å². The number of benzene rings is 6. The highest BCUT2D eigenvalue weighted by molar-refractivity contribution is 7.11. The average molecular weight is 1560 g/mol. The molecule has 6 aromatic carbocycles. The molecule has 0 radical (unpaired) electrons. The molecule has 0 bridgehead atoms. The van der Waals surface area contributed by atoms with Gasteiger partial charge in [-0.05, 0) is 218 Å². The van der Waals surface area contributed by atoms with Gasteiger partial charge in [0.05, 0.1) is 5.01 Å². The van der Waals surface area contributed by atoms with Gasteiger partial charge in [0.25, 0.3) is 0 Å². The van der Waals surface area contributed by atoms with Gasteiger partial charge in [0, 0.05) is 68.9 Å². The van der Waals surface area contributed by atoms with Crippen LogP contribution in [0, 0.1) is 94.7 Å². The van der Waals surface area contributed by atoms with Crippen molar-refractivity contribution in [2.75, 3.05) is 0 Å². The molecule has 0 spiro atoms. The Kier molecular flexibility index (Phi) is 40.0. The maximum absolute atomic E-state index is 13.3. The molecular formula is C105H155F2N5S. The van der Waals surface area contributed by atoms with E-state index in [1.807, 2.05) is 124 Å². The molecule has 0 aliphatic carbocycles. The molecule has 8 heteroatoms. The molecule has 4 aromatic heterocycles. The first kappa shape index (κ1) is 103. The van der Waals surface area contributed by atoms with Gasteiger partial charge < -0.3 is 0 Å². The first-order chi connectivity index (χ1) is 51.1. The van der Waals surface area contributed by atoms with Crippen molar-refractivity contribution in [3.8, 4) is 0 Å². The van der Waals surface area contributed by atoms with Crippen molar-refractivity contribution in [1.82, 2.24) is 24.9 Å². The molecule has 0 N–H and O–H groups in total. The van der Waals surface area contributed by atoms with Gasteiger partial charge in [-0.1, -0.05) is 345 Å². The maximum Gasteiger partial charge on any atom is 0.133 e. The Bertz CT molecular complexity index is 4110. The summed E-state index contributed by atoms with van der Waals surface area (Å²) in [4.78, 5) is 22.7. The lowest BCUT2D eigenvalue weighted by atomic mass is 9.83. The van der Waals surface area contributed by atoms with Crippen molar-refractivity contribution in [3.05, 3.63) is 310 Å². The molecule has 0 fully saturated rings. The van der Waals surface area contributed by atoms with E-state index in [4.69, 9.17) is 0 Å². The lowest BCUT2D eigenvalue weighted by Crippen LogP contribution is -2.15. The molecule has 5 nitrogen and oxygen atoms in total. The van der Waals surface area contributed by atoms with E-state index in [1.54, 1.807) is 23.5 Å². The lowest BCUT2D eigenvalue weighted by molar-refractivity contribution is 0.521. The molecule has 620 valence electrons. The van der Waals surface area contributed by atoms with E-state index in [0.717, 1.165) is 45.0 Å². The molecule has 10 rings (SSSR count). The Hall–Kier alpha value is -7.81. The fourth-order valence-corrected chi connectivity index (χ4v) is 11.9. The summed E-state index contributed by atoms with van der Waals surface area (Å²) in [5, 5.41) is 1.23. The van der Waals surface area contributed by atoms with Gasteiger partial charge in [-0.15, -0.1) is 11.3 Å². The van der Waals surface area contributed by atoms with Crippen LogP contribution in [0.15, 0.2) is 177 Å². The van der Waals surface area contributed by atoms with E-state index >= 15 is 0 Å². The number of aromatic nitrogens is 5. The summed E-state index contributed by atoms with van der Waals surface area (Å²) in [5.41, 5.74) is 24.9. The summed E-state index contributed by atoms with van der Waals surface area (Å²) in [5.74, 6) is 0.716. The standard InChI is InChI=1S/2C12H18.2C11H15F.2C11H16.2C10H15N.C9H14N2.C8H13NS/c2*1-9-6-7-10(2)11(8-9)12(3,4)5;2*1-8-5-6-9(10(12)7-8)11(2,3)4;1-9-5-7-10(8-6-9)11(2,3)4;1-9-6-5-7-10(8-9)11(2,3)4;1-8-5-6-11-9(7-8)10(2,3)4;1-8-5-6-9(11-7-8)10(2,3)4;1-7-5-10-8(11-6-7)9(2,3)4;1-6-5-9-7(10-6)8(2,3)4/h2*6-8H,1-5H3;2*5-7H,1-4H3;2*5-8H,1-4H3;2*5-7H,1-4H3;5-6H,1-4H3;5H,1-4H3. The van der Waals surface area contributed by atoms with E-state index in [-0.39, 0.29) is 65.8 Å². The lowest BCUT2D eigenvalue weighted by Gasteiger charge is -2.22. The van der Waals surface area contributed by atoms with E-state index < -0.39 is 0 Å². The quantitative estimate of drug-likeness (QED) is 0.151. The predicted octanol–water partition coefficient (Wildman–Crippen LogP) is 30.9. The number of pyridine rings is 2. The van der Waals surface area contributed by atoms with Crippen molar-refractivity contribution in [2.24, 2.45) is 0 Å². The van der Waals surface area contributed by atoms with Gasteiger partial charge in [0.15, 0.2) is 0 Å². The Morgan fingerprint density at radius 2 is 0.602 bits per heavy atom. The van der Waals surface area contributed by atoms with Gasteiger partial charge >= 0.3 is 0 Å².